The first-order valence-electron chi connectivity index (χ1n) is 7.99. The van der Waals surface area contributed by atoms with E-state index in [-0.39, 0.29) is 24.6 Å². The van der Waals surface area contributed by atoms with E-state index in [0.29, 0.717) is 11.3 Å². The van der Waals surface area contributed by atoms with Crippen molar-refractivity contribution in [1.29, 1.82) is 0 Å². The van der Waals surface area contributed by atoms with Crippen LogP contribution in [0.1, 0.15) is 45.2 Å². The van der Waals surface area contributed by atoms with Gasteiger partial charge in [-0.15, -0.1) is 0 Å². The predicted molar refractivity (Wildman–Crippen MR) is 93.0 cm³/mol. The molecule has 0 aliphatic heterocycles. The molecule has 9 nitrogen and oxygen atoms in total. The van der Waals surface area contributed by atoms with Crippen molar-refractivity contribution < 1.29 is 24.2 Å². The Morgan fingerprint density at radius 3 is 2.54 bits per heavy atom. The number of esters is 1. The first kappa shape index (κ1) is 19.1. The number of benzene rings is 1. The van der Waals surface area contributed by atoms with Gasteiger partial charge < -0.3 is 25.5 Å². The fourth-order valence-corrected chi connectivity index (χ4v) is 2.08. The predicted octanol–water partition coefficient (Wildman–Crippen LogP) is 0.949. The Kier molecular flexibility index (Phi) is 6.45. The van der Waals surface area contributed by atoms with E-state index in [0.717, 1.165) is 0 Å². The number of rotatable bonds is 7. The van der Waals surface area contributed by atoms with Crippen LogP contribution in [-0.2, 0) is 4.74 Å². The van der Waals surface area contributed by atoms with Gasteiger partial charge in [0, 0.05) is 11.7 Å². The molecule has 0 aliphatic rings. The molecule has 4 N–H and O–H groups in total. The molecule has 0 saturated carbocycles. The summed E-state index contributed by atoms with van der Waals surface area (Å²) in [6.07, 6.45) is 1.23. The molecule has 2 rings (SSSR count). The number of ether oxygens (including phenoxy) is 1. The number of hydrogen-bond donors (Lipinski definition) is 4. The van der Waals surface area contributed by atoms with Crippen molar-refractivity contribution in [1.82, 2.24) is 15.3 Å². The lowest BCUT2D eigenvalue weighted by Gasteiger charge is -2.10. The Bertz CT molecular complexity index is 785. The number of hydrogen-bond acceptors (Lipinski definition) is 6. The summed E-state index contributed by atoms with van der Waals surface area (Å²) >= 11 is 0. The number of aliphatic hydroxyl groups excluding tert-OH is 1. The van der Waals surface area contributed by atoms with E-state index in [1.54, 1.807) is 26.0 Å². The molecule has 1 aromatic carbocycles. The Labute approximate surface area is 149 Å². The van der Waals surface area contributed by atoms with Crippen LogP contribution in [0.25, 0.3) is 0 Å². The van der Waals surface area contributed by atoms with Gasteiger partial charge in [-0.05, 0) is 38.1 Å². The van der Waals surface area contributed by atoms with Crippen molar-refractivity contribution in [2.75, 3.05) is 18.5 Å². The molecule has 1 aromatic heterocycles. The maximum atomic E-state index is 12.4. The van der Waals surface area contributed by atoms with E-state index in [9.17, 15) is 14.4 Å². The molecule has 0 spiro atoms. The van der Waals surface area contributed by atoms with Gasteiger partial charge in [0.1, 0.15) is 5.69 Å². The summed E-state index contributed by atoms with van der Waals surface area (Å²) in [5.74, 6) is -1.58. The third-order valence-corrected chi connectivity index (χ3v) is 3.39. The SMILES string of the molecule is CCOC(=O)c1ccc(NC(=O)c2nc[nH]c2C(=O)N[C@H](C)CO)cc1. The average molecular weight is 360 g/mol. The lowest BCUT2D eigenvalue weighted by molar-refractivity contribution is 0.0526. The fourth-order valence-electron chi connectivity index (χ4n) is 2.08. The van der Waals surface area contributed by atoms with E-state index in [2.05, 4.69) is 20.6 Å². The highest BCUT2D eigenvalue weighted by atomic mass is 16.5. The standard InChI is InChI=1S/C17H20N4O5/c1-3-26-17(25)11-4-6-12(7-5-11)21-16(24)14-13(18-9-19-14)15(23)20-10(2)8-22/h4-7,9-10,22H,3,8H2,1-2H3,(H,18,19)(H,20,23)(H,21,24)/t10-/m1/s1. The number of H-pyrrole nitrogens is 1. The third-order valence-electron chi connectivity index (χ3n) is 3.39. The van der Waals surface area contributed by atoms with Gasteiger partial charge in [0.25, 0.3) is 11.8 Å². The van der Waals surface area contributed by atoms with Crippen molar-refractivity contribution in [3.63, 3.8) is 0 Å². The minimum atomic E-state index is -0.586. The fraction of sp³-hybridized carbons (Fsp3) is 0.294. The lowest BCUT2D eigenvalue weighted by Crippen LogP contribution is -2.36. The first-order valence-corrected chi connectivity index (χ1v) is 7.99. The Hall–Kier alpha value is -3.20. The summed E-state index contributed by atoms with van der Waals surface area (Å²) < 4.78 is 4.89. The molecular weight excluding hydrogens is 340 g/mol. The molecule has 2 amide bonds. The molecule has 0 saturated heterocycles. The summed E-state index contributed by atoms with van der Waals surface area (Å²) in [5.41, 5.74) is 0.705. The van der Waals surface area contributed by atoms with Crippen LogP contribution >= 0.6 is 0 Å². The van der Waals surface area contributed by atoms with E-state index in [4.69, 9.17) is 9.84 Å². The number of carbonyl (C=O) groups excluding carboxylic acids is 3. The summed E-state index contributed by atoms with van der Waals surface area (Å²) in [6, 6.07) is 5.68. The van der Waals surface area contributed by atoms with E-state index >= 15 is 0 Å². The number of nitrogens with one attached hydrogen (secondary N) is 3. The maximum Gasteiger partial charge on any atom is 0.338 e. The monoisotopic (exact) mass is 360 g/mol. The van der Waals surface area contributed by atoms with Gasteiger partial charge in [-0.2, -0.15) is 0 Å². The summed E-state index contributed by atoms with van der Waals surface area (Å²) in [5, 5.41) is 14.1. The van der Waals surface area contributed by atoms with E-state index in [1.807, 2.05) is 0 Å². The van der Waals surface area contributed by atoms with Gasteiger partial charge in [0.05, 0.1) is 25.1 Å². The molecule has 0 bridgehead atoms. The van der Waals surface area contributed by atoms with Crippen LogP contribution in [0.15, 0.2) is 30.6 Å². The smallest absolute Gasteiger partial charge is 0.338 e. The van der Waals surface area contributed by atoms with Crippen LogP contribution in [0.5, 0.6) is 0 Å². The molecule has 26 heavy (non-hydrogen) atoms. The second kappa shape index (κ2) is 8.77. The lowest BCUT2D eigenvalue weighted by atomic mass is 10.2. The minimum absolute atomic E-state index is 0.00839. The second-order valence-electron chi connectivity index (χ2n) is 5.44. The molecule has 1 atom stereocenters. The van der Waals surface area contributed by atoms with Crippen molar-refractivity contribution in [2.24, 2.45) is 0 Å². The number of aliphatic hydroxyl groups is 1. The Morgan fingerprint density at radius 1 is 1.23 bits per heavy atom. The summed E-state index contributed by atoms with van der Waals surface area (Å²) in [7, 11) is 0. The summed E-state index contributed by atoms with van der Waals surface area (Å²) in [6.45, 7) is 3.38. The molecule has 0 unspecified atom stereocenters. The van der Waals surface area contributed by atoms with Crippen molar-refractivity contribution in [3.8, 4) is 0 Å². The van der Waals surface area contributed by atoms with Crippen molar-refractivity contribution >= 4 is 23.5 Å². The van der Waals surface area contributed by atoms with Gasteiger partial charge >= 0.3 is 5.97 Å². The van der Waals surface area contributed by atoms with Crippen LogP contribution in [-0.4, -0.2) is 52.1 Å². The molecule has 2 aromatic rings. The first-order chi connectivity index (χ1) is 12.5. The zero-order valence-corrected chi connectivity index (χ0v) is 14.4. The maximum absolute atomic E-state index is 12.4. The minimum Gasteiger partial charge on any atom is -0.462 e. The molecule has 0 radical (unpaired) electrons. The molecule has 0 aliphatic carbocycles. The zero-order chi connectivity index (χ0) is 19.1. The molecule has 138 valence electrons. The number of imidazole rings is 1. The molecule has 9 heteroatoms. The van der Waals surface area contributed by atoms with Crippen LogP contribution in [0, 0.1) is 0 Å². The number of aromatic amines is 1. The van der Waals surface area contributed by atoms with Crippen LogP contribution in [0.4, 0.5) is 5.69 Å². The van der Waals surface area contributed by atoms with E-state index < -0.39 is 23.8 Å². The Morgan fingerprint density at radius 2 is 1.92 bits per heavy atom. The number of amides is 2. The topological polar surface area (TPSA) is 133 Å². The highest BCUT2D eigenvalue weighted by molar-refractivity contribution is 6.10. The second-order valence-corrected chi connectivity index (χ2v) is 5.44. The van der Waals surface area contributed by atoms with Crippen molar-refractivity contribution in [3.05, 3.63) is 47.5 Å². The number of anilines is 1. The number of aromatic nitrogens is 2. The molecular formula is C17H20N4O5. The number of carbonyl (C=O) groups is 3. The van der Waals surface area contributed by atoms with Gasteiger partial charge in [-0.3, -0.25) is 9.59 Å². The van der Waals surface area contributed by atoms with Gasteiger partial charge in [0.15, 0.2) is 5.69 Å². The van der Waals surface area contributed by atoms with Gasteiger partial charge in [-0.1, -0.05) is 0 Å². The molecule has 0 fully saturated rings. The van der Waals surface area contributed by atoms with E-state index in [1.165, 1.54) is 18.5 Å². The highest BCUT2D eigenvalue weighted by Crippen LogP contribution is 2.13. The van der Waals surface area contributed by atoms with Gasteiger partial charge in [0.2, 0.25) is 0 Å². The third kappa shape index (κ3) is 4.67. The largest absolute Gasteiger partial charge is 0.462 e. The molecule has 1 heterocycles. The zero-order valence-electron chi connectivity index (χ0n) is 14.4. The van der Waals surface area contributed by atoms with Crippen LogP contribution in [0.3, 0.4) is 0 Å². The quantitative estimate of drug-likeness (QED) is 0.543. The number of nitrogens with zero attached hydrogens (tertiary/aromatic N) is 1. The normalized spacial score (nSPS) is 11.5. The van der Waals surface area contributed by atoms with Gasteiger partial charge in [-0.25, -0.2) is 9.78 Å². The highest BCUT2D eigenvalue weighted by Gasteiger charge is 2.21. The average Bonchev–Trinajstić information content (AvgIpc) is 3.12. The summed E-state index contributed by atoms with van der Waals surface area (Å²) in [4.78, 5) is 42.6. The van der Waals surface area contributed by atoms with Crippen molar-refractivity contribution in [2.45, 2.75) is 19.9 Å². The Balaban J connectivity index is 2.08. The van der Waals surface area contributed by atoms with Crippen LogP contribution in [0.2, 0.25) is 0 Å². The van der Waals surface area contributed by atoms with Crippen LogP contribution < -0.4 is 10.6 Å².